The largest absolute Gasteiger partial charge is 0.457 e. The summed E-state index contributed by atoms with van der Waals surface area (Å²) in [6, 6.07) is 70.8. The van der Waals surface area contributed by atoms with Crippen LogP contribution in [0.25, 0.3) is 44.8 Å². The lowest BCUT2D eigenvalue weighted by Crippen LogP contribution is -2.34. The van der Waals surface area contributed by atoms with Crippen LogP contribution < -0.4 is 4.74 Å². The lowest BCUT2D eigenvalue weighted by atomic mass is 9.63. The van der Waals surface area contributed by atoms with Crippen molar-refractivity contribution in [3.05, 3.63) is 222 Å². The van der Waals surface area contributed by atoms with Crippen molar-refractivity contribution in [2.24, 2.45) is 0 Å². The molecule has 2 heterocycles. The second kappa shape index (κ2) is 12.5. The van der Waals surface area contributed by atoms with E-state index in [1.165, 1.54) is 16.7 Å². The summed E-state index contributed by atoms with van der Waals surface area (Å²) in [5.41, 5.74) is 12.8. The van der Waals surface area contributed by atoms with Gasteiger partial charge in [0, 0.05) is 22.3 Å². The molecule has 0 N–H and O–H groups in total. The van der Waals surface area contributed by atoms with E-state index in [2.05, 4.69) is 188 Å². The fourth-order valence-corrected chi connectivity index (χ4v) is 7.45. The van der Waals surface area contributed by atoms with Gasteiger partial charge in [-0.05, 0) is 63.7 Å². The molecule has 0 radical (unpaired) electrons. The van der Waals surface area contributed by atoms with E-state index in [0.717, 1.165) is 61.8 Å². The van der Waals surface area contributed by atoms with Gasteiger partial charge in [-0.15, -0.1) is 0 Å². The van der Waals surface area contributed by atoms with Crippen LogP contribution in [0.5, 0.6) is 11.5 Å². The van der Waals surface area contributed by atoms with E-state index in [1.54, 1.807) is 0 Å². The van der Waals surface area contributed by atoms with Crippen molar-refractivity contribution in [1.29, 1.82) is 0 Å². The molecule has 0 spiro atoms. The highest BCUT2D eigenvalue weighted by Gasteiger charge is 2.45. The Labute approximate surface area is 293 Å². The second-order valence-corrected chi connectivity index (χ2v) is 12.7. The monoisotopic (exact) mass is 639 g/mol. The molecular formula is C48H33NO. The first-order chi connectivity index (χ1) is 24.8. The number of ether oxygens (including phenoxy) is 1. The molecule has 0 aliphatic carbocycles. The Kier molecular flexibility index (Phi) is 7.40. The van der Waals surface area contributed by atoms with Crippen molar-refractivity contribution in [2.75, 3.05) is 0 Å². The summed E-state index contributed by atoms with van der Waals surface area (Å²) in [5.74, 6) is 1.75. The third-order valence-electron chi connectivity index (χ3n) is 9.82. The van der Waals surface area contributed by atoms with Gasteiger partial charge < -0.3 is 4.74 Å². The van der Waals surface area contributed by atoms with Crippen molar-refractivity contribution in [3.8, 4) is 56.3 Å². The number of pyridine rings is 1. The van der Waals surface area contributed by atoms with Crippen LogP contribution in [0.2, 0.25) is 0 Å². The van der Waals surface area contributed by atoms with Crippen LogP contribution in [0, 0.1) is 0 Å². The van der Waals surface area contributed by atoms with Gasteiger partial charge in [0.25, 0.3) is 0 Å². The van der Waals surface area contributed by atoms with E-state index < -0.39 is 5.41 Å². The second-order valence-electron chi connectivity index (χ2n) is 12.7. The molecule has 2 heteroatoms. The summed E-state index contributed by atoms with van der Waals surface area (Å²) in [5, 5.41) is 0. The maximum Gasteiger partial charge on any atom is 0.132 e. The number of benzene rings is 7. The lowest BCUT2D eigenvalue weighted by molar-refractivity contribution is 0.434. The molecule has 0 fully saturated rings. The minimum Gasteiger partial charge on any atom is -0.457 e. The smallest absolute Gasteiger partial charge is 0.132 e. The number of hydrogen-bond donors (Lipinski definition) is 0. The predicted molar refractivity (Wildman–Crippen MR) is 204 cm³/mol. The molecule has 2 nitrogen and oxygen atoms in total. The van der Waals surface area contributed by atoms with Crippen LogP contribution in [0.15, 0.2) is 200 Å². The fraction of sp³-hybridized carbons (Fsp3) is 0.0208. The Morgan fingerprint density at radius 3 is 1.38 bits per heavy atom. The van der Waals surface area contributed by atoms with E-state index in [-0.39, 0.29) is 0 Å². The molecule has 7 aromatic carbocycles. The number of hydrogen-bond acceptors (Lipinski definition) is 2. The highest BCUT2D eigenvalue weighted by Crippen LogP contribution is 2.55. The summed E-state index contributed by atoms with van der Waals surface area (Å²) in [6.45, 7) is 0. The maximum atomic E-state index is 6.63. The summed E-state index contributed by atoms with van der Waals surface area (Å²) in [7, 11) is 0. The zero-order valence-electron chi connectivity index (χ0n) is 27.4. The zero-order valence-corrected chi connectivity index (χ0v) is 27.4. The summed E-state index contributed by atoms with van der Waals surface area (Å²) < 4.78 is 6.63. The van der Waals surface area contributed by atoms with E-state index in [1.807, 2.05) is 12.1 Å². The number of fused-ring (bicyclic) bond motifs is 2. The molecule has 236 valence electrons. The van der Waals surface area contributed by atoms with E-state index in [4.69, 9.17) is 9.72 Å². The van der Waals surface area contributed by atoms with Gasteiger partial charge in [-0.2, -0.15) is 0 Å². The topological polar surface area (TPSA) is 22.1 Å². The molecule has 9 rings (SSSR count). The molecule has 8 aromatic rings. The van der Waals surface area contributed by atoms with Crippen LogP contribution in [0.4, 0.5) is 0 Å². The molecule has 1 aliphatic rings. The molecule has 1 aromatic heterocycles. The van der Waals surface area contributed by atoms with Crippen molar-refractivity contribution in [2.45, 2.75) is 5.41 Å². The minimum absolute atomic E-state index is 0.557. The van der Waals surface area contributed by atoms with Gasteiger partial charge in [0.1, 0.15) is 11.5 Å². The van der Waals surface area contributed by atoms with Gasteiger partial charge >= 0.3 is 0 Å². The third kappa shape index (κ3) is 5.10. The van der Waals surface area contributed by atoms with Crippen molar-refractivity contribution in [1.82, 2.24) is 4.98 Å². The van der Waals surface area contributed by atoms with Crippen LogP contribution in [0.3, 0.4) is 0 Å². The van der Waals surface area contributed by atoms with Gasteiger partial charge in [-0.3, -0.25) is 0 Å². The Bertz CT molecular complexity index is 2320. The lowest BCUT2D eigenvalue weighted by Gasteiger charge is -2.41. The number of para-hydroxylation sites is 1. The Morgan fingerprint density at radius 1 is 0.320 bits per heavy atom. The fourth-order valence-electron chi connectivity index (χ4n) is 7.45. The molecule has 0 bridgehead atoms. The highest BCUT2D eigenvalue weighted by molar-refractivity contribution is 5.79. The average molecular weight is 640 g/mol. The first kappa shape index (κ1) is 29.6. The van der Waals surface area contributed by atoms with Gasteiger partial charge in [0.2, 0.25) is 0 Å². The standard InChI is InChI=1S/C48H33NO/c1-5-15-34(16-6-1)39-32-44(36-17-7-2-8-18-36)49-45(33-39)37-27-25-35(26-28-37)38-29-30-47-43(31-38)48(40-19-9-3-10-20-40,41-21-11-4-12-22-41)42-23-13-14-24-46(42)50-47/h1-33H. The Balaban J connectivity index is 1.17. The molecule has 0 unspecified atom stereocenters. The highest BCUT2D eigenvalue weighted by atomic mass is 16.5. The molecule has 0 saturated carbocycles. The number of aromatic nitrogens is 1. The first-order valence-corrected chi connectivity index (χ1v) is 17.0. The van der Waals surface area contributed by atoms with Crippen LogP contribution >= 0.6 is 0 Å². The number of rotatable bonds is 6. The zero-order chi connectivity index (χ0) is 33.3. The molecular weight excluding hydrogens is 607 g/mol. The Morgan fingerprint density at radius 2 is 0.760 bits per heavy atom. The normalized spacial score (nSPS) is 12.7. The minimum atomic E-state index is -0.557. The predicted octanol–water partition coefficient (Wildman–Crippen LogP) is 12.2. The van der Waals surface area contributed by atoms with E-state index in [9.17, 15) is 0 Å². The first-order valence-electron chi connectivity index (χ1n) is 17.0. The van der Waals surface area contributed by atoms with Crippen molar-refractivity contribution in [3.63, 3.8) is 0 Å². The van der Waals surface area contributed by atoms with Crippen LogP contribution in [-0.2, 0) is 5.41 Å². The van der Waals surface area contributed by atoms with E-state index >= 15 is 0 Å². The number of nitrogens with zero attached hydrogens (tertiary/aromatic N) is 1. The van der Waals surface area contributed by atoms with Gasteiger partial charge in [0.15, 0.2) is 0 Å². The molecule has 1 aliphatic heterocycles. The van der Waals surface area contributed by atoms with Crippen LogP contribution in [-0.4, -0.2) is 4.98 Å². The molecule has 0 amide bonds. The van der Waals surface area contributed by atoms with E-state index in [0.29, 0.717) is 0 Å². The molecule has 0 saturated heterocycles. The third-order valence-corrected chi connectivity index (χ3v) is 9.82. The quantitative estimate of drug-likeness (QED) is 0.181. The van der Waals surface area contributed by atoms with Crippen molar-refractivity contribution < 1.29 is 4.74 Å². The van der Waals surface area contributed by atoms with Crippen LogP contribution in [0.1, 0.15) is 22.3 Å². The summed E-state index contributed by atoms with van der Waals surface area (Å²) in [6.07, 6.45) is 0. The van der Waals surface area contributed by atoms with Gasteiger partial charge in [-0.1, -0.05) is 170 Å². The SMILES string of the molecule is c1ccc(-c2cc(-c3ccccc3)nc(-c3ccc(-c4ccc5c(c4)C(c4ccccc4)(c4ccccc4)c4ccccc4O5)cc3)c2)cc1. The average Bonchev–Trinajstić information content (AvgIpc) is 3.21. The molecule has 50 heavy (non-hydrogen) atoms. The van der Waals surface area contributed by atoms with Crippen molar-refractivity contribution >= 4 is 0 Å². The van der Waals surface area contributed by atoms with Gasteiger partial charge in [0.05, 0.1) is 16.8 Å². The summed E-state index contributed by atoms with van der Waals surface area (Å²) >= 11 is 0. The summed E-state index contributed by atoms with van der Waals surface area (Å²) in [4.78, 5) is 5.15. The molecule has 0 atom stereocenters. The Hall–Kier alpha value is -6.51. The maximum absolute atomic E-state index is 6.63. The van der Waals surface area contributed by atoms with Gasteiger partial charge in [-0.25, -0.2) is 4.98 Å².